The van der Waals surface area contributed by atoms with E-state index in [9.17, 15) is 9.59 Å². The molecule has 24 heavy (non-hydrogen) atoms. The zero-order valence-corrected chi connectivity index (χ0v) is 13.0. The molecule has 0 unspecified atom stereocenters. The summed E-state index contributed by atoms with van der Waals surface area (Å²) in [5.74, 6) is 0.118. The Labute approximate surface area is 137 Å². The van der Waals surface area contributed by atoms with Gasteiger partial charge >= 0.3 is 5.97 Å². The molecule has 1 aromatic carbocycles. The van der Waals surface area contributed by atoms with Crippen LogP contribution < -0.4 is 15.2 Å². The van der Waals surface area contributed by atoms with Crippen molar-refractivity contribution in [2.75, 3.05) is 13.4 Å². The van der Waals surface area contributed by atoms with Crippen LogP contribution in [0.25, 0.3) is 11.3 Å². The Morgan fingerprint density at radius 1 is 1.33 bits per heavy atom. The Morgan fingerprint density at radius 2 is 2.12 bits per heavy atom. The SMILES string of the molecule is CCOC(=O)c1nnn(CCC(N)=O)c1-c1ccc2c(c1)OCO2. The zero-order chi connectivity index (χ0) is 17.1. The van der Waals surface area contributed by atoms with Gasteiger partial charge in [0.1, 0.15) is 5.69 Å². The van der Waals surface area contributed by atoms with Crippen LogP contribution in [-0.2, 0) is 16.1 Å². The molecule has 0 saturated carbocycles. The van der Waals surface area contributed by atoms with Gasteiger partial charge in [0.25, 0.3) is 0 Å². The quantitative estimate of drug-likeness (QED) is 0.774. The van der Waals surface area contributed by atoms with E-state index in [1.165, 1.54) is 4.68 Å². The molecule has 2 N–H and O–H groups in total. The smallest absolute Gasteiger partial charge is 0.361 e. The topological polar surface area (TPSA) is 119 Å². The van der Waals surface area contributed by atoms with Crippen molar-refractivity contribution in [1.29, 1.82) is 0 Å². The molecule has 1 aromatic heterocycles. The average molecular weight is 332 g/mol. The molecule has 0 aliphatic carbocycles. The van der Waals surface area contributed by atoms with Crippen molar-refractivity contribution in [3.63, 3.8) is 0 Å². The number of ether oxygens (including phenoxy) is 3. The van der Waals surface area contributed by atoms with Crippen LogP contribution in [0.15, 0.2) is 18.2 Å². The first-order valence-electron chi connectivity index (χ1n) is 7.39. The molecule has 0 saturated heterocycles. The van der Waals surface area contributed by atoms with Gasteiger partial charge in [0.2, 0.25) is 12.7 Å². The molecule has 0 radical (unpaired) electrons. The third kappa shape index (κ3) is 3.00. The fourth-order valence-electron chi connectivity index (χ4n) is 2.35. The number of benzene rings is 1. The van der Waals surface area contributed by atoms with E-state index in [0.29, 0.717) is 22.8 Å². The number of nitrogens with two attached hydrogens (primary N) is 1. The molecular weight excluding hydrogens is 316 g/mol. The summed E-state index contributed by atoms with van der Waals surface area (Å²) in [4.78, 5) is 23.2. The average Bonchev–Trinajstić information content (AvgIpc) is 3.18. The van der Waals surface area contributed by atoms with E-state index in [2.05, 4.69) is 10.3 Å². The van der Waals surface area contributed by atoms with Crippen molar-refractivity contribution in [2.45, 2.75) is 19.9 Å². The highest BCUT2D eigenvalue weighted by atomic mass is 16.7. The first-order valence-corrected chi connectivity index (χ1v) is 7.39. The fraction of sp³-hybridized carbons (Fsp3) is 0.333. The van der Waals surface area contributed by atoms with E-state index in [-0.39, 0.29) is 32.1 Å². The molecule has 1 aliphatic rings. The minimum atomic E-state index is -0.588. The van der Waals surface area contributed by atoms with E-state index in [0.717, 1.165) is 0 Å². The maximum absolute atomic E-state index is 12.1. The summed E-state index contributed by atoms with van der Waals surface area (Å²) in [6.45, 7) is 2.26. The first kappa shape index (κ1) is 15.8. The molecule has 3 rings (SSSR count). The number of aromatic nitrogens is 3. The van der Waals surface area contributed by atoms with Crippen molar-refractivity contribution >= 4 is 11.9 Å². The first-order chi connectivity index (χ1) is 11.6. The molecule has 9 heteroatoms. The van der Waals surface area contributed by atoms with Gasteiger partial charge in [-0.15, -0.1) is 5.10 Å². The molecule has 0 spiro atoms. The summed E-state index contributed by atoms with van der Waals surface area (Å²) in [7, 11) is 0. The second-order valence-corrected chi connectivity index (χ2v) is 5.01. The van der Waals surface area contributed by atoms with E-state index in [4.69, 9.17) is 19.9 Å². The second kappa shape index (κ2) is 6.57. The zero-order valence-electron chi connectivity index (χ0n) is 13.0. The maximum atomic E-state index is 12.1. The summed E-state index contributed by atoms with van der Waals surface area (Å²) in [5.41, 5.74) is 6.35. The number of carbonyl (C=O) groups excluding carboxylic acids is 2. The van der Waals surface area contributed by atoms with Crippen molar-refractivity contribution in [2.24, 2.45) is 5.73 Å². The van der Waals surface area contributed by atoms with Gasteiger partial charge in [0, 0.05) is 12.0 Å². The number of aryl methyl sites for hydroxylation is 1. The minimum absolute atomic E-state index is 0.0696. The predicted molar refractivity (Wildman–Crippen MR) is 81.3 cm³/mol. The summed E-state index contributed by atoms with van der Waals surface area (Å²) < 4.78 is 17.1. The fourth-order valence-corrected chi connectivity index (χ4v) is 2.35. The number of esters is 1. The summed E-state index contributed by atoms with van der Waals surface area (Å²) in [6.07, 6.45) is 0.0726. The minimum Gasteiger partial charge on any atom is -0.461 e. The number of primary amides is 1. The number of amides is 1. The standard InChI is InChI=1S/C15H16N4O5/c1-2-22-15(21)13-14(19(18-17-13)6-5-12(16)20)9-3-4-10-11(7-9)24-8-23-10/h3-4,7H,2,5-6,8H2,1H3,(H2,16,20). The summed E-state index contributed by atoms with van der Waals surface area (Å²) in [6, 6.07) is 5.22. The highest BCUT2D eigenvalue weighted by Crippen LogP contribution is 2.36. The van der Waals surface area contributed by atoms with E-state index >= 15 is 0 Å². The lowest BCUT2D eigenvalue weighted by atomic mass is 10.1. The lowest BCUT2D eigenvalue weighted by Gasteiger charge is -2.08. The van der Waals surface area contributed by atoms with Gasteiger partial charge < -0.3 is 19.9 Å². The van der Waals surface area contributed by atoms with E-state index in [1.807, 2.05) is 0 Å². The van der Waals surface area contributed by atoms with Crippen LogP contribution in [0.4, 0.5) is 0 Å². The maximum Gasteiger partial charge on any atom is 0.361 e. The van der Waals surface area contributed by atoms with Gasteiger partial charge in [-0.05, 0) is 25.1 Å². The Balaban J connectivity index is 2.03. The van der Waals surface area contributed by atoms with Crippen LogP contribution in [0, 0.1) is 0 Å². The Kier molecular flexibility index (Phi) is 4.32. The number of nitrogens with zero attached hydrogens (tertiary/aromatic N) is 3. The number of hydrogen-bond acceptors (Lipinski definition) is 7. The summed E-state index contributed by atoms with van der Waals surface area (Å²) >= 11 is 0. The lowest BCUT2D eigenvalue weighted by molar-refractivity contribution is -0.118. The van der Waals surface area contributed by atoms with Crippen molar-refractivity contribution in [3.05, 3.63) is 23.9 Å². The number of rotatable bonds is 6. The van der Waals surface area contributed by atoms with Gasteiger partial charge in [-0.3, -0.25) is 4.79 Å². The van der Waals surface area contributed by atoms with Gasteiger partial charge in [0.15, 0.2) is 17.2 Å². The van der Waals surface area contributed by atoms with Crippen LogP contribution >= 0.6 is 0 Å². The molecule has 126 valence electrons. The highest BCUT2D eigenvalue weighted by Gasteiger charge is 2.24. The van der Waals surface area contributed by atoms with Crippen molar-refractivity contribution in [1.82, 2.24) is 15.0 Å². The Hall–Kier alpha value is -3.10. The largest absolute Gasteiger partial charge is 0.461 e. The van der Waals surface area contributed by atoms with Crippen LogP contribution in [0.1, 0.15) is 23.8 Å². The molecule has 2 aromatic rings. The molecule has 0 fully saturated rings. The molecule has 9 nitrogen and oxygen atoms in total. The molecular formula is C15H16N4O5. The number of carbonyl (C=O) groups is 2. The van der Waals surface area contributed by atoms with Crippen LogP contribution in [0.3, 0.4) is 0 Å². The van der Waals surface area contributed by atoms with Gasteiger partial charge in [-0.1, -0.05) is 5.21 Å². The highest BCUT2D eigenvalue weighted by molar-refractivity contribution is 5.94. The van der Waals surface area contributed by atoms with Crippen molar-refractivity contribution < 1.29 is 23.8 Å². The predicted octanol–water partition coefficient (Wildman–Crippen LogP) is 0.726. The molecule has 0 atom stereocenters. The molecule has 1 amide bonds. The lowest BCUT2D eigenvalue weighted by Crippen LogP contribution is -2.15. The number of fused-ring (bicyclic) bond motifs is 1. The third-order valence-corrected chi connectivity index (χ3v) is 3.42. The molecule has 2 heterocycles. The van der Waals surface area contributed by atoms with E-state index < -0.39 is 11.9 Å². The van der Waals surface area contributed by atoms with Crippen LogP contribution in [-0.4, -0.2) is 40.3 Å². The van der Waals surface area contributed by atoms with Gasteiger partial charge in [-0.2, -0.15) is 0 Å². The van der Waals surface area contributed by atoms with Gasteiger partial charge in [-0.25, -0.2) is 9.48 Å². The van der Waals surface area contributed by atoms with Crippen LogP contribution in [0.2, 0.25) is 0 Å². The van der Waals surface area contributed by atoms with Gasteiger partial charge in [0.05, 0.1) is 13.2 Å². The molecule has 0 bridgehead atoms. The Bertz CT molecular complexity index is 786. The normalized spacial score (nSPS) is 12.2. The number of hydrogen-bond donors (Lipinski definition) is 1. The molecule has 1 aliphatic heterocycles. The second-order valence-electron chi connectivity index (χ2n) is 5.01. The van der Waals surface area contributed by atoms with Crippen molar-refractivity contribution in [3.8, 4) is 22.8 Å². The monoisotopic (exact) mass is 332 g/mol. The van der Waals surface area contributed by atoms with Crippen LogP contribution in [0.5, 0.6) is 11.5 Å². The summed E-state index contributed by atoms with van der Waals surface area (Å²) in [5, 5.41) is 7.84. The Morgan fingerprint density at radius 3 is 2.88 bits per heavy atom. The van der Waals surface area contributed by atoms with E-state index in [1.54, 1.807) is 25.1 Å². The third-order valence-electron chi connectivity index (χ3n) is 3.42.